The van der Waals surface area contributed by atoms with Crippen LogP contribution in [0.4, 0.5) is 0 Å². The number of thiophene rings is 1. The zero-order valence-electron chi connectivity index (χ0n) is 19.7. The lowest BCUT2D eigenvalue weighted by molar-refractivity contribution is -0.0413. The van der Waals surface area contributed by atoms with Crippen molar-refractivity contribution in [2.75, 3.05) is 13.2 Å². The van der Waals surface area contributed by atoms with E-state index in [-0.39, 0.29) is 17.4 Å². The predicted molar refractivity (Wildman–Crippen MR) is 134 cm³/mol. The van der Waals surface area contributed by atoms with Crippen molar-refractivity contribution in [1.82, 2.24) is 0 Å². The number of benzene rings is 1. The molecule has 0 N–H and O–H groups in total. The minimum atomic E-state index is -2.07. The van der Waals surface area contributed by atoms with Crippen molar-refractivity contribution in [3.8, 4) is 0 Å². The fraction of sp³-hybridized carbons (Fsp3) is 0.565. The molecule has 3 rings (SSSR count). The molecule has 2 heterocycles. The number of ether oxygens (including phenoxy) is 2. The third kappa shape index (κ3) is 6.29. The van der Waals surface area contributed by atoms with Gasteiger partial charge < -0.3 is 18.3 Å². The Bertz CT molecular complexity index is 873. The highest BCUT2D eigenvalue weighted by atomic mass is 35.5. The first-order chi connectivity index (χ1) is 14.5. The second kappa shape index (κ2) is 10.2. The molecule has 1 unspecified atom stereocenters. The molecule has 8 heteroatoms. The van der Waals surface area contributed by atoms with Crippen LogP contribution < -0.4 is 0 Å². The van der Waals surface area contributed by atoms with Crippen molar-refractivity contribution in [2.24, 2.45) is 0 Å². The molecule has 2 aromatic rings. The molecular weight excluding hydrogens is 464 g/mol. The first kappa shape index (κ1) is 25.1. The Balaban J connectivity index is 2.07. The summed E-state index contributed by atoms with van der Waals surface area (Å²) in [6.07, 6.45) is -0.514. The van der Waals surface area contributed by atoms with Crippen LogP contribution >= 0.6 is 22.9 Å². The molecule has 1 aromatic carbocycles. The van der Waals surface area contributed by atoms with Gasteiger partial charge in [-0.3, -0.25) is 0 Å². The van der Waals surface area contributed by atoms with Crippen LogP contribution in [0.5, 0.6) is 0 Å². The predicted octanol–water partition coefficient (Wildman–Crippen LogP) is 7.06. The van der Waals surface area contributed by atoms with Crippen molar-refractivity contribution in [3.63, 3.8) is 0 Å². The lowest BCUT2D eigenvalue weighted by atomic mass is 10.0. The van der Waals surface area contributed by atoms with Crippen LogP contribution in [0, 0.1) is 0 Å². The first-order valence-electron chi connectivity index (χ1n) is 10.9. The SMILES string of the molecule is C[SiH](C)OCc1sc(C2OCCO2)cc1C(O[Si](C)(C)C(C)(C)C)c1cccc(Cl)c1. The molecule has 1 saturated heterocycles. The van der Waals surface area contributed by atoms with E-state index in [4.69, 9.17) is 29.9 Å². The van der Waals surface area contributed by atoms with Gasteiger partial charge in [-0.25, -0.2) is 0 Å². The Morgan fingerprint density at radius 3 is 2.45 bits per heavy atom. The highest BCUT2D eigenvalue weighted by Crippen LogP contribution is 2.45. The lowest BCUT2D eigenvalue weighted by Crippen LogP contribution is -2.42. The van der Waals surface area contributed by atoms with E-state index in [1.807, 2.05) is 18.2 Å². The molecule has 31 heavy (non-hydrogen) atoms. The van der Waals surface area contributed by atoms with Crippen LogP contribution in [0.25, 0.3) is 0 Å². The molecule has 0 spiro atoms. The van der Waals surface area contributed by atoms with Gasteiger partial charge in [-0.15, -0.1) is 11.3 Å². The quantitative estimate of drug-likeness (QED) is 0.365. The van der Waals surface area contributed by atoms with Gasteiger partial charge in [0.15, 0.2) is 23.6 Å². The molecular formula is C23H35ClO4SSi2. The lowest BCUT2D eigenvalue weighted by Gasteiger charge is -2.39. The van der Waals surface area contributed by atoms with Gasteiger partial charge in [0.25, 0.3) is 0 Å². The first-order valence-corrected chi connectivity index (χ1v) is 17.8. The van der Waals surface area contributed by atoms with Gasteiger partial charge in [-0.2, -0.15) is 0 Å². The highest BCUT2D eigenvalue weighted by Gasteiger charge is 2.41. The maximum absolute atomic E-state index is 7.01. The molecule has 0 amide bonds. The Hall–Kier alpha value is -0.516. The summed E-state index contributed by atoms with van der Waals surface area (Å²) in [5, 5.41) is 0.800. The summed E-state index contributed by atoms with van der Waals surface area (Å²) in [5.74, 6) is 0. The van der Waals surface area contributed by atoms with E-state index in [2.05, 4.69) is 59.1 Å². The van der Waals surface area contributed by atoms with E-state index in [9.17, 15) is 0 Å². The molecule has 1 atom stereocenters. The molecule has 0 saturated carbocycles. The fourth-order valence-corrected chi connectivity index (χ4v) is 6.27. The van der Waals surface area contributed by atoms with Gasteiger partial charge in [0.2, 0.25) is 0 Å². The normalized spacial score (nSPS) is 16.9. The van der Waals surface area contributed by atoms with Gasteiger partial charge in [0.05, 0.1) is 30.8 Å². The zero-order valence-corrected chi connectivity index (χ0v) is 23.4. The van der Waals surface area contributed by atoms with Gasteiger partial charge in [-0.05, 0) is 55.0 Å². The Labute approximate surface area is 198 Å². The molecule has 0 radical (unpaired) electrons. The van der Waals surface area contributed by atoms with Crippen molar-refractivity contribution >= 4 is 40.3 Å². The summed E-state index contributed by atoms with van der Waals surface area (Å²) in [6, 6.07) is 10.2. The summed E-state index contributed by atoms with van der Waals surface area (Å²) < 4.78 is 24.8. The number of halogens is 1. The van der Waals surface area contributed by atoms with Crippen molar-refractivity contribution in [1.29, 1.82) is 0 Å². The van der Waals surface area contributed by atoms with Crippen LogP contribution in [0.3, 0.4) is 0 Å². The molecule has 4 nitrogen and oxygen atoms in total. The standard InChI is InChI=1S/C23H35ClO4SSi2/c1-23(2,3)31(6,7)28-21(16-9-8-10-17(24)13-16)18-14-19(22-25-11-12-26-22)29-20(18)15-27-30(4)5/h8-10,13-14,21-22,30H,11-12,15H2,1-7H3. The second-order valence-corrected chi connectivity index (χ2v) is 18.6. The highest BCUT2D eigenvalue weighted by molar-refractivity contribution is 7.12. The van der Waals surface area contributed by atoms with E-state index in [1.54, 1.807) is 11.3 Å². The van der Waals surface area contributed by atoms with Gasteiger partial charge in [0.1, 0.15) is 0 Å². The Kier molecular flexibility index (Phi) is 8.24. The third-order valence-electron chi connectivity index (χ3n) is 5.92. The number of rotatable bonds is 8. The minimum absolute atomic E-state index is 0.0852. The largest absolute Gasteiger partial charge is 0.415 e. The van der Waals surface area contributed by atoms with Crippen LogP contribution in [-0.2, 0) is 24.9 Å². The van der Waals surface area contributed by atoms with Crippen LogP contribution in [0.2, 0.25) is 36.2 Å². The maximum atomic E-state index is 7.01. The maximum Gasteiger partial charge on any atom is 0.193 e. The van der Waals surface area contributed by atoms with Crippen molar-refractivity contribution in [3.05, 3.63) is 56.2 Å². The van der Waals surface area contributed by atoms with Crippen LogP contribution in [-0.4, -0.2) is 30.6 Å². The average molecular weight is 499 g/mol. The van der Waals surface area contributed by atoms with E-state index < -0.39 is 17.4 Å². The van der Waals surface area contributed by atoms with Crippen molar-refractivity contribution in [2.45, 2.75) is 71.0 Å². The second-order valence-electron chi connectivity index (χ2n) is 9.77. The molecule has 1 aliphatic rings. The molecule has 1 fully saturated rings. The number of hydrogen-bond donors (Lipinski definition) is 0. The van der Waals surface area contributed by atoms with E-state index in [0.29, 0.717) is 24.8 Å². The smallest absolute Gasteiger partial charge is 0.193 e. The summed E-state index contributed by atoms with van der Waals surface area (Å²) in [5.41, 5.74) is 2.21. The summed E-state index contributed by atoms with van der Waals surface area (Å²) in [7, 11) is -3.24. The van der Waals surface area contributed by atoms with Gasteiger partial charge in [0, 0.05) is 15.5 Å². The molecule has 1 aliphatic heterocycles. The average Bonchev–Trinajstić information content (AvgIpc) is 3.33. The minimum Gasteiger partial charge on any atom is -0.415 e. The number of hydrogen-bond acceptors (Lipinski definition) is 5. The van der Waals surface area contributed by atoms with E-state index in [1.165, 1.54) is 4.88 Å². The van der Waals surface area contributed by atoms with E-state index >= 15 is 0 Å². The van der Waals surface area contributed by atoms with Gasteiger partial charge in [-0.1, -0.05) is 44.5 Å². The molecule has 1 aromatic heterocycles. The van der Waals surface area contributed by atoms with Crippen LogP contribution in [0.1, 0.15) is 54.0 Å². The fourth-order valence-electron chi connectivity index (χ4n) is 3.13. The Morgan fingerprint density at radius 2 is 1.87 bits per heavy atom. The monoisotopic (exact) mass is 498 g/mol. The summed E-state index contributed by atoms with van der Waals surface area (Å²) >= 11 is 8.10. The Morgan fingerprint density at radius 1 is 1.19 bits per heavy atom. The van der Waals surface area contributed by atoms with E-state index in [0.717, 1.165) is 16.0 Å². The molecule has 0 aliphatic carbocycles. The van der Waals surface area contributed by atoms with Crippen molar-refractivity contribution < 1.29 is 18.3 Å². The summed E-state index contributed by atoms with van der Waals surface area (Å²) in [4.78, 5) is 2.25. The third-order valence-corrected chi connectivity index (χ3v) is 12.6. The summed E-state index contributed by atoms with van der Waals surface area (Å²) in [6.45, 7) is 17.6. The zero-order chi connectivity index (χ0) is 22.8. The topological polar surface area (TPSA) is 36.9 Å². The molecule has 0 bridgehead atoms. The molecule has 172 valence electrons. The van der Waals surface area contributed by atoms with Crippen LogP contribution in [0.15, 0.2) is 30.3 Å². The van der Waals surface area contributed by atoms with Gasteiger partial charge >= 0.3 is 0 Å².